The van der Waals surface area contributed by atoms with Gasteiger partial charge in [-0.05, 0) is 61.7 Å². The molecule has 8 aromatic carbocycles. The molecule has 53 heavy (non-hydrogen) atoms. The van der Waals surface area contributed by atoms with Crippen molar-refractivity contribution in [3.05, 3.63) is 229 Å². The summed E-state index contributed by atoms with van der Waals surface area (Å²) in [6.45, 7) is 0. The number of para-hydroxylation sites is 1. The third kappa shape index (κ3) is 4.95. The molecule has 1 aliphatic carbocycles. The van der Waals surface area contributed by atoms with Gasteiger partial charge in [0.25, 0.3) is 0 Å². The summed E-state index contributed by atoms with van der Waals surface area (Å²) in [5.41, 5.74) is 15.9. The number of hydrogen-bond donors (Lipinski definition) is 0. The van der Waals surface area contributed by atoms with Gasteiger partial charge in [0.2, 0.25) is 0 Å². The molecule has 248 valence electrons. The Bertz CT molecular complexity index is 2700. The van der Waals surface area contributed by atoms with E-state index in [1.165, 1.54) is 50.1 Å². The van der Waals surface area contributed by atoms with Gasteiger partial charge in [-0.2, -0.15) is 0 Å². The Labute approximate surface area is 309 Å². The normalized spacial score (nSPS) is 12.7. The molecule has 0 aliphatic heterocycles. The number of benzene rings is 8. The minimum absolute atomic E-state index is 0.468. The van der Waals surface area contributed by atoms with Crippen molar-refractivity contribution < 1.29 is 0 Å². The highest BCUT2D eigenvalue weighted by atomic mass is 14.9. The summed E-state index contributed by atoms with van der Waals surface area (Å²) in [6, 6.07) is 74.0. The highest BCUT2D eigenvalue weighted by Crippen LogP contribution is 2.59. The highest BCUT2D eigenvalue weighted by Gasteiger charge is 2.47. The summed E-state index contributed by atoms with van der Waals surface area (Å²) in [7, 11) is 0. The molecule has 0 atom stereocenters. The Morgan fingerprint density at radius 1 is 0.321 bits per heavy atom. The van der Waals surface area contributed by atoms with Crippen molar-refractivity contribution in [2.75, 3.05) is 0 Å². The summed E-state index contributed by atoms with van der Waals surface area (Å²) in [4.78, 5) is 10.2. The Morgan fingerprint density at radius 3 is 1.55 bits per heavy atom. The van der Waals surface area contributed by atoms with Crippen molar-refractivity contribution in [1.82, 2.24) is 9.97 Å². The van der Waals surface area contributed by atoms with E-state index in [9.17, 15) is 0 Å². The van der Waals surface area contributed by atoms with Crippen LogP contribution in [0.2, 0.25) is 0 Å². The molecule has 0 unspecified atom stereocenters. The molecule has 9 aromatic rings. The van der Waals surface area contributed by atoms with Crippen LogP contribution in [0.3, 0.4) is 0 Å². The van der Waals surface area contributed by atoms with Crippen molar-refractivity contribution in [2.24, 2.45) is 0 Å². The van der Waals surface area contributed by atoms with E-state index in [0.717, 1.165) is 39.1 Å². The van der Waals surface area contributed by atoms with Crippen molar-refractivity contribution >= 4 is 10.9 Å². The average molecular weight is 675 g/mol. The fourth-order valence-corrected chi connectivity index (χ4v) is 8.50. The molecule has 1 heterocycles. The van der Waals surface area contributed by atoms with Crippen LogP contribution in [-0.4, -0.2) is 9.97 Å². The molecule has 2 nitrogen and oxygen atoms in total. The predicted octanol–water partition coefficient (Wildman–Crippen LogP) is 12.7. The van der Waals surface area contributed by atoms with E-state index in [-0.39, 0.29) is 0 Å². The molecule has 1 aliphatic rings. The lowest BCUT2D eigenvalue weighted by Crippen LogP contribution is -2.28. The molecule has 0 saturated heterocycles. The van der Waals surface area contributed by atoms with Crippen molar-refractivity contribution in [1.29, 1.82) is 0 Å². The van der Waals surface area contributed by atoms with Gasteiger partial charge in [-0.3, -0.25) is 0 Å². The molecule has 0 N–H and O–H groups in total. The van der Waals surface area contributed by atoms with Gasteiger partial charge in [0, 0.05) is 16.5 Å². The lowest BCUT2D eigenvalue weighted by Gasteiger charge is -2.34. The molecule has 1 aromatic heterocycles. The minimum atomic E-state index is -0.468. The monoisotopic (exact) mass is 674 g/mol. The molecular formula is C51H34N2. The second-order valence-corrected chi connectivity index (χ2v) is 13.7. The summed E-state index contributed by atoms with van der Waals surface area (Å²) >= 11 is 0. The Kier molecular flexibility index (Phi) is 7.40. The second kappa shape index (κ2) is 12.7. The first-order valence-corrected chi connectivity index (χ1v) is 18.2. The van der Waals surface area contributed by atoms with Gasteiger partial charge in [-0.1, -0.05) is 200 Å². The van der Waals surface area contributed by atoms with Crippen molar-refractivity contribution in [3.63, 3.8) is 0 Å². The predicted molar refractivity (Wildman–Crippen MR) is 219 cm³/mol. The molecular weight excluding hydrogens is 641 g/mol. The van der Waals surface area contributed by atoms with Crippen LogP contribution in [0.1, 0.15) is 22.3 Å². The number of rotatable bonds is 6. The lowest BCUT2D eigenvalue weighted by molar-refractivity contribution is 0.768. The Morgan fingerprint density at radius 2 is 0.868 bits per heavy atom. The van der Waals surface area contributed by atoms with E-state index >= 15 is 0 Å². The average Bonchev–Trinajstić information content (AvgIpc) is 3.55. The van der Waals surface area contributed by atoms with Crippen LogP contribution in [0.4, 0.5) is 0 Å². The number of aromatic nitrogens is 2. The van der Waals surface area contributed by atoms with Crippen molar-refractivity contribution in [3.8, 4) is 56.0 Å². The summed E-state index contributed by atoms with van der Waals surface area (Å²) in [5.74, 6) is 0.718. The first kappa shape index (κ1) is 30.9. The molecule has 0 radical (unpaired) electrons. The van der Waals surface area contributed by atoms with Crippen LogP contribution in [0.15, 0.2) is 206 Å². The largest absolute Gasteiger partial charge is 0.228 e. The first-order valence-electron chi connectivity index (χ1n) is 18.2. The van der Waals surface area contributed by atoms with Crippen LogP contribution in [0.5, 0.6) is 0 Å². The topological polar surface area (TPSA) is 25.8 Å². The molecule has 10 rings (SSSR count). The van der Waals surface area contributed by atoms with Gasteiger partial charge in [0.15, 0.2) is 5.82 Å². The SMILES string of the molecule is c1ccc(-c2c(-c3ccc(-c4nc(-c5ccccc5)c5ccccc5n4)cc3)ccc3c2-c2ccccc2C3(c2ccccc2)c2ccccc2)cc1. The zero-order valence-electron chi connectivity index (χ0n) is 29.0. The Hall–Kier alpha value is -6.90. The van der Waals surface area contributed by atoms with Crippen LogP contribution in [0.25, 0.3) is 66.9 Å². The van der Waals surface area contributed by atoms with E-state index in [1.807, 2.05) is 12.1 Å². The third-order valence-corrected chi connectivity index (χ3v) is 10.8. The van der Waals surface area contributed by atoms with E-state index in [1.54, 1.807) is 0 Å². The van der Waals surface area contributed by atoms with Gasteiger partial charge < -0.3 is 0 Å². The Balaban J connectivity index is 1.19. The second-order valence-electron chi connectivity index (χ2n) is 13.7. The molecule has 0 spiro atoms. The fourth-order valence-electron chi connectivity index (χ4n) is 8.50. The quantitative estimate of drug-likeness (QED) is 0.175. The third-order valence-electron chi connectivity index (χ3n) is 10.8. The van der Waals surface area contributed by atoms with E-state index in [2.05, 4.69) is 194 Å². The first-order chi connectivity index (χ1) is 26.3. The highest BCUT2D eigenvalue weighted by molar-refractivity contribution is 6.02. The number of nitrogens with zero attached hydrogens (tertiary/aromatic N) is 2. The summed E-state index contributed by atoms with van der Waals surface area (Å²) in [5, 5.41) is 1.05. The van der Waals surface area contributed by atoms with Gasteiger partial charge in [-0.15, -0.1) is 0 Å². The minimum Gasteiger partial charge on any atom is -0.228 e. The van der Waals surface area contributed by atoms with E-state index < -0.39 is 5.41 Å². The maximum Gasteiger partial charge on any atom is 0.160 e. The molecule has 0 saturated carbocycles. The zero-order chi connectivity index (χ0) is 35.2. The van der Waals surface area contributed by atoms with Crippen LogP contribution >= 0.6 is 0 Å². The maximum absolute atomic E-state index is 5.14. The zero-order valence-corrected chi connectivity index (χ0v) is 29.0. The van der Waals surface area contributed by atoms with Crippen LogP contribution < -0.4 is 0 Å². The summed E-state index contributed by atoms with van der Waals surface area (Å²) < 4.78 is 0. The van der Waals surface area contributed by atoms with Gasteiger partial charge in [-0.25, -0.2) is 9.97 Å². The van der Waals surface area contributed by atoms with E-state index in [4.69, 9.17) is 9.97 Å². The molecule has 2 heteroatoms. The molecule has 0 bridgehead atoms. The van der Waals surface area contributed by atoms with Crippen LogP contribution in [-0.2, 0) is 5.41 Å². The maximum atomic E-state index is 5.14. The van der Waals surface area contributed by atoms with Gasteiger partial charge >= 0.3 is 0 Å². The van der Waals surface area contributed by atoms with E-state index in [0.29, 0.717) is 0 Å². The van der Waals surface area contributed by atoms with Crippen molar-refractivity contribution in [2.45, 2.75) is 5.41 Å². The number of fused-ring (bicyclic) bond motifs is 4. The fraction of sp³-hybridized carbons (Fsp3) is 0.0196. The standard InChI is InChI=1S/C51H34N2/c1-5-17-36(18-6-1)47-41(35-29-31-38(32-30-35)50-52-46-28-16-14-26-43(46)49(53-50)37-19-7-2-8-20-37)33-34-45-48(47)42-25-13-15-27-44(42)51(45,39-21-9-3-10-22-39)40-23-11-4-12-24-40/h1-34H. The number of hydrogen-bond acceptors (Lipinski definition) is 2. The van der Waals surface area contributed by atoms with Gasteiger partial charge in [0.05, 0.1) is 16.6 Å². The van der Waals surface area contributed by atoms with Gasteiger partial charge in [0.1, 0.15) is 0 Å². The lowest BCUT2D eigenvalue weighted by atomic mass is 9.67. The molecule has 0 fully saturated rings. The van der Waals surface area contributed by atoms with Crippen LogP contribution in [0, 0.1) is 0 Å². The smallest absolute Gasteiger partial charge is 0.160 e. The summed E-state index contributed by atoms with van der Waals surface area (Å²) in [6.07, 6.45) is 0. The molecule has 0 amide bonds.